The van der Waals surface area contributed by atoms with Gasteiger partial charge in [0.05, 0.1) is 5.69 Å². The van der Waals surface area contributed by atoms with Crippen molar-refractivity contribution in [2.24, 2.45) is 0 Å². The van der Waals surface area contributed by atoms with E-state index >= 15 is 0 Å². The van der Waals surface area contributed by atoms with E-state index in [1.54, 1.807) is 6.20 Å². The van der Waals surface area contributed by atoms with Gasteiger partial charge in [0.15, 0.2) is 0 Å². The van der Waals surface area contributed by atoms with Gasteiger partial charge in [-0.3, -0.25) is 4.79 Å². The summed E-state index contributed by atoms with van der Waals surface area (Å²) in [5.41, 5.74) is 6.54. The Hall–Kier alpha value is -1.88. The van der Waals surface area contributed by atoms with Gasteiger partial charge in [0.25, 0.3) is 5.91 Å². The van der Waals surface area contributed by atoms with Crippen molar-refractivity contribution in [2.45, 2.75) is 18.9 Å². The molecule has 2 heterocycles. The van der Waals surface area contributed by atoms with Crippen molar-refractivity contribution in [1.29, 1.82) is 0 Å². The molecule has 0 aliphatic heterocycles. The van der Waals surface area contributed by atoms with Crippen LogP contribution in [0.3, 0.4) is 0 Å². The molecule has 0 aromatic carbocycles. The maximum Gasteiger partial charge on any atom is 0.263 e. The summed E-state index contributed by atoms with van der Waals surface area (Å²) >= 11 is 1.35. The molecule has 0 atom stereocenters. The van der Waals surface area contributed by atoms with Crippen molar-refractivity contribution in [2.75, 3.05) is 5.73 Å². The first-order chi connectivity index (χ1) is 8.75. The molecule has 1 aliphatic carbocycles. The Kier molecular flexibility index (Phi) is 2.76. The first-order valence-corrected chi connectivity index (χ1v) is 6.66. The summed E-state index contributed by atoms with van der Waals surface area (Å²) in [4.78, 5) is 17.8. The highest BCUT2D eigenvalue weighted by Crippen LogP contribution is 2.32. The Bertz CT molecular complexity index is 624. The smallest absolute Gasteiger partial charge is 0.263 e. The molecule has 3 N–H and O–H groups in total. The van der Waals surface area contributed by atoms with Crippen LogP contribution in [-0.4, -0.2) is 16.9 Å². The molecule has 18 heavy (non-hydrogen) atoms. The molecule has 92 valence electrons. The Labute approximate surface area is 109 Å². The second-order valence-corrected chi connectivity index (χ2v) is 5.31. The number of aromatic nitrogens is 1. The largest absolute Gasteiger partial charge is 0.397 e. The van der Waals surface area contributed by atoms with Crippen molar-refractivity contribution in [3.63, 3.8) is 0 Å². The fourth-order valence-corrected chi connectivity index (χ4v) is 3.07. The highest BCUT2D eigenvalue weighted by Gasteiger charge is 2.20. The zero-order valence-electron chi connectivity index (χ0n) is 9.72. The summed E-state index contributed by atoms with van der Waals surface area (Å²) in [5.74, 6) is -0.0933. The predicted molar refractivity (Wildman–Crippen MR) is 73.7 cm³/mol. The number of thiophene rings is 1. The number of nitrogens with two attached hydrogens (primary N) is 1. The predicted octanol–water partition coefficient (Wildman–Crippen LogP) is 2.33. The normalized spacial score (nSPS) is 15.3. The number of hydrogen-bond donors (Lipinski definition) is 2. The number of amides is 1. The molecule has 1 aliphatic rings. The van der Waals surface area contributed by atoms with E-state index in [0.29, 0.717) is 10.6 Å². The first-order valence-electron chi connectivity index (χ1n) is 5.84. The topological polar surface area (TPSA) is 68.0 Å². The molecule has 0 bridgehead atoms. The van der Waals surface area contributed by atoms with Crippen LogP contribution < -0.4 is 11.1 Å². The van der Waals surface area contributed by atoms with Crippen LogP contribution in [0.1, 0.15) is 22.5 Å². The van der Waals surface area contributed by atoms with Crippen molar-refractivity contribution in [3.05, 3.63) is 35.4 Å². The highest BCUT2D eigenvalue weighted by atomic mass is 32.1. The van der Waals surface area contributed by atoms with Crippen molar-refractivity contribution >= 4 is 33.1 Å². The Morgan fingerprint density at radius 2 is 2.22 bits per heavy atom. The zero-order valence-corrected chi connectivity index (χ0v) is 10.5. The second kappa shape index (κ2) is 4.42. The number of fused-ring (bicyclic) bond motifs is 1. The van der Waals surface area contributed by atoms with Gasteiger partial charge in [-0.25, -0.2) is 4.98 Å². The van der Waals surface area contributed by atoms with Gasteiger partial charge < -0.3 is 11.1 Å². The van der Waals surface area contributed by atoms with Crippen LogP contribution in [0.25, 0.3) is 10.2 Å². The lowest BCUT2D eigenvalue weighted by Crippen LogP contribution is -2.32. The monoisotopic (exact) mass is 259 g/mol. The van der Waals surface area contributed by atoms with E-state index in [4.69, 9.17) is 5.73 Å². The van der Waals surface area contributed by atoms with Gasteiger partial charge in [-0.1, -0.05) is 12.2 Å². The molecule has 1 amide bonds. The lowest BCUT2D eigenvalue weighted by atomic mass is 10.2. The summed E-state index contributed by atoms with van der Waals surface area (Å²) in [7, 11) is 0. The van der Waals surface area contributed by atoms with Crippen molar-refractivity contribution < 1.29 is 4.79 Å². The molecule has 0 radical (unpaired) electrons. The molecule has 0 saturated carbocycles. The molecule has 0 unspecified atom stereocenters. The minimum Gasteiger partial charge on any atom is -0.397 e. The molecule has 2 aromatic heterocycles. The van der Waals surface area contributed by atoms with Crippen LogP contribution >= 0.6 is 11.3 Å². The number of nitrogens with zero attached hydrogens (tertiary/aromatic N) is 1. The summed E-state index contributed by atoms with van der Waals surface area (Å²) in [5, 5.41) is 3.86. The number of rotatable bonds is 2. The summed E-state index contributed by atoms with van der Waals surface area (Å²) in [6, 6.07) is 3.92. The fourth-order valence-electron chi connectivity index (χ4n) is 2.11. The molecule has 0 fully saturated rings. The number of carbonyl (C=O) groups excluding carboxylic acids is 1. The summed E-state index contributed by atoms with van der Waals surface area (Å²) < 4.78 is 0. The average molecular weight is 259 g/mol. The third-order valence-corrected chi connectivity index (χ3v) is 4.18. The number of hydrogen-bond acceptors (Lipinski definition) is 4. The summed E-state index contributed by atoms with van der Waals surface area (Å²) in [6.07, 6.45) is 7.67. The van der Waals surface area contributed by atoms with E-state index in [-0.39, 0.29) is 11.9 Å². The van der Waals surface area contributed by atoms with Gasteiger partial charge in [-0.2, -0.15) is 0 Å². The molecule has 0 spiro atoms. The number of nitrogens with one attached hydrogen (secondary N) is 1. The summed E-state index contributed by atoms with van der Waals surface area (Å²) in [6.45, 7) is 0. The third kappa shape index (κ3) is 1.86. The first kappa shape index (κ1) is 11.2. The number of pyridine rings is 1. The van der Waals surface area contributed by atoms with E-state index in [1.807, 2.05) is 12.1 Å². The van der Waals surface area contributed by atoms with Gasteiger partial charge in [-0.15, -0.1) is 11.3 Å². The highest BCUT2D eigenvalue weighted by molar-refractivity contribution is 7.21. The molecular weight excluding hydrogens is 246 g/mol. The lowest BCUT2D eigenvalue weighted by Gasteiger charge is -2.11. The Morgan fingerprint density at radius 1 is 1.44 bits per heavy atom. The van der Waals surface area contributed by atoms with Crippen LogP contribution in [-0.2, 0) is 0 Å². The number of carbonyl (C=O) groups is 1. The lowest BCUT2D eigenvalue weighted by molar-refractivity contribution is 0.0944. The standard InChI is InChI=1S/C13H13N3OS/c14-10-9-6-3-7-15-13(9)18-11(10)12(17)16-8-4-1-2-5-8/h1-3,6-8H,4-5,14H2,(H,16,17). The molecule has 4 nitrogen and oxygen atoms in total. The van der Waals surface area contributed by atoms with Crippen LogP contribution in [0.2, 0.25) is 0 Å². The molecule has 2 aromatic rings. The molecule has 5 heteroatoms. The van der Waals surface area contributed by atoms with Gasteiger partial charge in [-0.05, 0) is 25.0 Å². The van der Waals surface area contributed by atoms with Crippen molar-refractivity contribution in [3.8, 4) is 0 Å². The number of nitrogen functional groups attached to an aromatic ring is 1. The number of anilines is 1. The van der Waals surface area contributed by atoms with E-state index in [1.165, 1.54) is 11.3 Å². The molecule has 3 rings (SSSR count). The van der Waals surface area contributed by atoms with Crippen LogP contribution in [0, 0.1) is 0 Å². The van der Waals surface area contributed by atoms with Gasteiger partial charge in [0.1, 0.15) is 9.71 Å². The fraction of sp³-hybridized carbons (Fsp3) is 0.231. The molecular formula is C13H13N3OS. The molecule has 0 saturated heterocycles. The Balaban J connectivity index is 1.89. The van der Waals surface area contributed by atoms with Gasteiger partial charge in [0.2, 0.25) is 0 Å². The third-order valence-electron chi connectivity index (χ3n) is 3.05. The van der Waals surface area contributed by atoms with E-state index in [0.717, 1.165) is 23.1 Å². The second-order valence-electron chi connectivity index (χ2n) is 4.31. The quantitative estimate of drug-likeness (QED) is 0.813. The van der Waals surface area contributed by atoms with Gasteiger partial charge >= 0.3 is 0 Å². The van der Waals surface area contributed by atoms with Crippen LogP contribution in [0.5, 0.6) is 0 Å². The minimum absolute atomic E-state index is 0.0933. The SMILES string of the molecule is Nc1c(C(=O)NC2CC=CC2)sc2ncccc12. The Morgan fingerprint density at radius 3 is 2.94 bits per heavy atom. The van der Waals surface area contributed by atoms with Crippen molar-refractivity contribution in [1.82, 2.24) is 10.3 Å². The van der Waals surface area contributed by atoms with Crippen LogP contribution in [0.4, 0.5) is 5.69 Å². The minimum atomic E-state index is -0.0933. The zero-order chi connectivity index (χ0) is 12.5. The average Bonchev–Trinajstić information content (AvgIpc) is 2.98. The van der Waals surface area contributed by atoms with E-state index in [2.05, 4.69) is 22.5 Å². The van der Waals surface area contributed by atoms with Crippen LogP contribution in [0.15, 0.2) is 30.5 Å². The maximum atomic E-state index is 12.2. The van der Waals surface area contributed by atoms with Gasteiger partial charge in [0, 0.05) is 17.6 Å². The van der Waals surface area contributed by atoms with E-state index in [9.17, 15) is 4.79 Å². The van der Waals surface area contributed by atoms with E-state index < -0.39 is 0 Å². The maximum absolute atomic E-state index is 12.2.